The largest absolute Gasteiger partial charge is 0.489 e. The minimum absolute atomic E-state index is 0.757. The zero-order chi connectivity index (χ0) is 12.7. The normalized spacial score (nSPS) is 21.7. The first-order chi connectivity index (χ1) is 9.42. The molecule has 3 aliphatic rings. The highest BCUT2D eigenvalue weighted by atomic mass is 16.5. The van der Waals surface area contributed by atoms with Gasteiger partial charge in [0, 0.05) is 24.7 Å². The third-order valence-electron chi connectivity index (χ3n) is 4.55. The van der Waals surface area contributed by atoms with Crippen LogP contribution in [-0.4, -0.2) is 19.2 Å². The monoisotopic (exact) mass is 258 g/mol. The van der Waals surface area contributed by atoms with Crippen LogP contribution in [0.1, 0.15) is 31.2 Å². The molecule has 1 aromatic carbocycles. The van der Waals surface area contributed by atoms with Crippen LogP contribution in [0.4, 0.5) is 5.69 Å². The molecule has 4 rings (SSSR count). The van der Waals surface area contributed by atoms with E-state index in [2.05, 4.69) is 28.8 Å². The maximum absolute atomic E-state index is 5.84. The molecule has 2 aliphatic carbocycles. The van der Waals surface area contributed by atoms with E-state index in [1.54, 1.807) is 0 Å². The number of para-hydroxylation sites is 1. The Morgan fingerprint density at radius 2 is 2.00 bits per heavy atom. The van der Waals surface area contributed by atoms with Gasteiger partial charge in [-0.3, -0.25) is 0 Å². The molecule has 2 N–H and O–H groups in total. The summed E-state index contributed by atoms with van der Waals surface area (Å²) in [5, 5.41) is 7.21. The first-order valence-corrected chi connectivity index (χ1v) is 7.64. The number of nitrogens with one attached hydrogen (secondary N) is 2. The number of anilines is 1. The maximum Gasteiger partial charge on any atom is 0.146 e. The molecule has 0 saturated heterocycles. The summed E-state index contributed by atoms with van der Waals surface area (Å²) in [6, 6.07) is 7.18. The van der Waals surface area contributed by atoms with Gasteiger partial charge in [-0.15, -0.1) is 0 Å². The zero-order valence-corrected chi connectivity index (χ0v) is 11.3. The van der Waals surface area contributed by atoms with E-state index in [0.717, 1.165) is 49.0 Å². The first-order valence-electron chi connectivity index (χ1n) is 7.64. The van der Waals surface area contributed by atoms with Crippen LogP contribution in [0.15, 0.2) is 18.2 Å². The summed E-state index contributed by atoms with van der Waals surface area (Å²) in [6.45, 7) is 2.64. The van der Waals surface area contributed by atoms with Crippen LogP contribution in [0.25, 0.3) is 0 Å². The summed E-state index contributed by atoms with van der Waals surface area (Å²) >= 11 is 0. The molecule has 1 aromatic rings. The fraction of sp³-hybridized carbons (Fsp3) is 0.625. The van der Waals surface area contributed by atoms with Gasteiger partial charge >= 0.3 is 0 Å². The second-order valence-corrected chi connectivity index (χ2v) is 6.15. The fourth-order valence-corrected chi connectivity index (χ4v) is 3.23. The van der Waals surface area contributed by atoms with Crippen molar-refractivity contribution >= 4 is 5.69 Å². The quantitative estimate of drug-likeness (QED) is 0.852. The van der Waals surface area contributed by atoms with E-state index in [9.17, 15) is 0 Å². The predicted octanol–water partition coefficient (Wildman–Crippen LogP) is 2.77. The van der Waals surface area contributed by atoms with E-state index in [1.165, 1.54) is 31.2 Å². The van der Waals surface area contributed by atoms with Gasteiger partial charge in [-0.25, -0.2) is 0 Å². The molecular formula is C16H22N2O. The summed E-state index contributed by atoms with van der Waals surface area (Å²) in [4.78, 5) is 0. The highest BCUT2D eigenvalue weighted by Gasteiger charge is 2.41. The Kier molecular flexibility index (Phi) is 2.87. The Morgan fingerprint density at radius 1 is 1.21 bits per heavy atom. The Hall–Kier alpha value is -1.22. The van der Waals surface area contributed by atoms with Crippen molar-refractivity contribution in [2.45, 2.75) is 38.3 Å². The molecule has 1 heterocycles. The highest BCUT2D eigenvalue weighted by Crippen LogP contribution is 2.44. The van der Waals surface area contributed by atoms with E-state index < -0.39 is 0 Å². The molecule has 3 heteroatoms. The summed E-state index contributed by atoms with van der Waals surface area (Å²) in [5.74, 6) is 2.96. The minimum atomic E-state index is 0.757. The smallest absolute Gasteiger partial charge is 0.146 e. The molecular weight excluding hydrogens is 236 g/mol. The van der Waals surface area contributed by atoms with Gasteiger partial charge in [-0.1, -0.05) is 12.1 Å². The average Bonchev–Trinajstić information content (AvgIpc) is 3.33. The highest BCUT2D eigenvalue weighted by molar-refractivity contribution is 5.61. The van der Waals surface area contributed by atoms with Crippen LogP contribution >= 0.6 is 0 Å². The van der Waals surface area contributed by atoms with Crippen molar-refractivity contribution in [3.8, 4) is 5.75 Å². The number of rotatable bonds is 5. The van der Waals surface area contributed by atoms with Gasteiger partial charge in [-0.05, 0) is 43.6 Å². The summed E-state index contributed by atoms with van der Waals surface area (Å²) < 4.78 is 5.84. The fourth-order valence-electron chi connectivity index (χ4n) is 3.23. The third-order valence-corrected chi connectivity index (χ3v) is 4.55. The molecule has 0 atom stereocenters. The lowest BCUT2D eigenvalue weighted by molar-refractivity contribution is 0.316. The first kappa shape index (κ1) is 11.6. The van der Waals surface area contributed by atoms with Crippen LogP contribution in [-0.2, 0) is 6.54 Å². The van der Waals surface area contributed by atoms with E-state index >= 15 is 0 Å². The second-order valence-electron chi connectivity index (χ2n) is 6.15. The lowest BCUT2D eigenvalue weighted by atomic mass is 10.1. The van der Waals surface area contributed by atoms with Crippen LogP contribution in [0.5, 0.6) is 5.75 Å². The molecule has 0 aromatic heterocycles. The number of benzene rings is 1. The lowest BCUT2D eigenvalue weighted by Gasteiger charge is -2.23. The SMILES string of the molecule is c1cc(CNC(C2CC2)C2CC2)c2c(c1)NCCO2. The molecule has 3 nitrogen and oxygen atoms in total. The summed E-state index contributed by atoms with van der Waals surface area (Å²) in [6.07, 6.45) is 5.72. The van der Waals surface area contributed by atoms with Crippen molar-refractivity contribution < 1.29 is 4.74 Å². The number of hydrogen-bond donors (Lipinski definition) is 2. The van der Waals surface area contributed by atoms with E-state index in [-0.39, 0.29) is 0 Å². The van der Waals surface area contributed by atoms with Crippen LogP contribution < -0.4 is 15.4 Å². The predicted molar refractivity (Wildman–Crippen MR) is 76.5 cm³/mol. The van der Waals surface area contributed by atoms with Gasteiger partial charge in [0.15, 0.2) is 0 Å². The summed E-state index contributed by atoms with van der Waals surface area (Å²) in [7, 11) is 0. The number of ether oxygens (including phenoxy) is 1. The van der Waals surface area contributed by atoms with Gasteiger partial charge in [0.1, 0.15) is 12.4 Å². The number of hydrogen-bond acceptors (Lipinski definition) is 3. The summed E-state index contributed by atoms with van der Waals surface area (Å²) in [5.41, 5.74) is 2.45. The molecule has 2 fully saturated rings. The van der Waals surface area contributed by atoms with E-state index in [1.807, 2.05) is 0 Å². The Bertz CT molecular complexity index is 454. The Labute approximate surface area is 114 Å². The topological polar surface area (TPSA) is 33.3 Å². The standard InChI is InChI=1S/C16H22N2O/c1-2-13(16-14(3-1)17-8-9-19-16)10-18-15(11-4-5-11)12-6-7-12/h1-3,11-12,15,17-18H,4-10H2. The van der Waals surface area contributed by atoms with Crippen LogP contribution in [0, 0.1) is 11.8 Å². The molecule has 0 spiro atoms. The van der Waals surface area contributed by atoms with Crippen molar-refractivity contribution in [3.05, 3.63) is 23.8 Å². The minimum Gasteiger partial charge on any atom is -0.489 e. The van der Waals surface area contributed by atoms with Gasteiger partial charge < -0.3 is 15.4 Å². The molecule has 0 amide bonds. The third kappa shape index (κ3) is 2.44. The molecule has 0 bridgehead atoms. The van der Waals surface area contributed by atoms with Crippen molar-refractivity contribution in [2.75, 3.05) is 18.5 Å². The van der Waals surface area contributed by atoms with E-state index in [4.69, 9.17) is 4.74 Å². The average molecular weight is 258 g/mol. The molecule has 19 heavy (non-hydrogen) atoms. The van der Waals surface area contributed by atoms with Crippen molar-refractivity contribution in [1.82, 2.24) is 5.32 Å². The van der Waals surface area contributed by atoms with Crippen molar-refractivity contribution in [3.63, 3.8) is 0 Å². The van der Waals surface area contributed by atoms with Crippen LogP contribution in [0.3, 0.4) is 0 Å². The van der Waals surface area contributed by atoms with Gasteiger partial charge in [0.25, 0.3) is 0 Å². The van der Waals surface area contributed by atoms with Crippen molar-refractivity contribution in [2.24, 2.45) is 11.8 Å². The van der Waals surface area contributed by atoms with Gasteiger partial charge in [0.05, 0.1) is 5.69 Å². The Morgan fingerprint density at radius 3 is 2.74 bits per heavy atom. The second kappa shape index (κ2) is 4.71. The lowest BCUT2D eigenvalue weighted by Crippen LogP contribution is -2.33. The maximum atomic E-state index is 5.84. The molecule has 2 saturated carbocycles. The van der Waals surface area contributed by atoms with Gasteiger partial charge in [-0.2, -0.15) is 0 Å². The van der Waals surface area contributed by atoms with Crippen LogP contribution in [0.2, 0.25) is 0 Å². The van der Waals surface area contributed by atoms with Gasteiger partial charge in [0.2, 0.25) is 0 Å². The molecule has 0 unspecified atom stereocenters. The van der Waals surface area contributed by atoms with Crippen molar-refractivity contribution in [1.29, 1.82) is 0 Å². The molecule has 1 aliphatic heterocycles. The molecule has 102 valence electrons. The van der Waals surface area contributed by atoms with E-state index in [0.29, 0.717) is 0 Å². The molecule has 0 radical (unpaired) electrons. The Balaban J connectivity index is 1.47. The zero-order valence-electron chi connectivity index (χ0n) is 11.3. The number of fused-ring (bicyclic) bond motifs is 1.